The van der Waals surface area contributed by atoms with Gasteiger partial charge in [-0.3, -0.25) is 14.5 Å². The highest BCUT2D eigenvalue weighted by Crippen LogP contribution is 2.18. The molecule has 0 unspecified atom stereocenters. The van der Waals surface area contributed by atoms with Gasteiger partial charge < -0.3 is 14.6 Å². The smallest absolute Gasteiger partial charge is 0.260 e. The third kappa shape index (κ3) is 4.07. The average Bonchev–Trinajstić information content (AvgIpc) is 3.18. The Hall–Kier alpha value is -3.12. The maximum atomic E-state index is 12.7. The largest absolute Gasteiger partial charge is 0.484 e. The molecule has 0 bridgehead atoms. The Balaban J connectivity index is 1.27. The van der Waals surface area contributed by atoms with Crippen LogP contribution in [0.5, 0.6) is 5.75 Å². The number of carbonyl (C=O) groups excluding carboxylic acids is 2. The molecule has 1 N–H and O–H groups in total. The van der Waals surface area contributed by atoms with Crippen molar-refractivity contribution in [1.29, 1.82) is 0 Å². The molecule has 0 aliphatic carbocycles. The SMILES string of the molecule is O=C(CN1CCN(C(=O)COc2ccccc2)CC1)c1c[nH]c2ccccc12. The Bertz CT molecular complexity index is 959. The number of H-pyrrole nitrogens is 1. The second kappa shape index (κ2) is 8.27. The molecule has 28 heavy (non-hydrogen) atoms. The van der Waals surface area contributed by atoms with Gasteiger partial charge in [-0.15, -0.1) is 0 Å². The molecule has 1 amide bonds. The van der Waals surface area contributed by atoms with E-state index in [1.165, 1.54) is 0 Å². The molecule has 3 aromatic rings. The van der Waals surface area contributed by atoms with Gasteiger partial charge in [-0.2, -0.15) is 0 Å². The van der Waals surface area contributed by atoms with E-state index >= 15 is 0 Å². The molecule has 144 valence electrons. The summed E-state index contributed by atoms with van der Waals surface area (Å²) in [7, 11) is 0. The van der Waals surface area contributed by atoms with Crippen LogP contribution < -0.4 is 4.74 Å². The van der Waals surface area contributed by atoms with Crippen molar-refractivity contribution in [1.82, 2.24) is 14.8 Å². The number of carbonyl (C=O) groups is 2. The molecule has 1 saturated heterocycles. The van der Waals surface area contributed by atoms with Crippen LogP contribution in [0.15, 0.2) is 60.8 Å². The number of benzene rings is 2. The van der Waals surface area contributed by atoms with Crippen molar-refractivity contribution in [2.24, 2.45) is 0 Å². The molecular formula is C22H23N3O3. The van der Waals surface area contributed by atoms with E-state index in [0.29, 0.717) is 38.5 Å². The number of hydrogen-bond donors (Lipinski definition) is 1. The molecule has 1 aliphatic heterocycles. The Morgan fingerprint density at radius 2 is 1.64 bits per heavy atom. The minimum atomic E-state index is -0.0218. The van der Waals surface area contributed by atoms with Gasteiger partial charge in [-0.05, 0) is 18.2 Å². The molecule has 0 radical (unpaired) electrons. The fourth-order valence-electron chi connectivity index (χ4n) is 3.50. The summed E-state index contributed by atoms with van der Waals surface area (Å²) in [5, 5.41) is 0.958. The highest BCUT2D eigenvalue weighted by Gasteiger charge is 2.23. The number of aromatic amines is 1. The topological polar surface area (TPSA) is 65.6 Å². The first-order valence-corrected chi connectivity index (χ1v) is 9.48. The molecule has 0 saturated carbocycles. The number of amides is 1. The van der Waals surface area contributed by atoms with Gasteiger partial charge in [0.1, 0.15) is 5.75 Å². The lowest BCUT2D eigenvalue weighted by Crippen LogP contribution is -2.51. The van der Waals surface area contributed by atoms with Gasteiger partial charge in [-0.25, -0.2) is 0 Å². The van der Waals surface area contributed by atoms with Crippen LogP contribution in [0.4, 0.5) is 0 Å². The number of nitrogens with zero attached hydrogens (tertiary/aromatic N) is 2. The zero-order chi connectivity index (χ0) is 19.3. The molecule has 0 spiro atoms. The van der Waals surface area contributed by atoms with Crippen LogP contribution in [-0.4, -0.2) is 65.8 Å². The molecule has 4 rings (SSSR count). The molecule has 2 heterocycles. The summed E-state index contributed by atoms with van der Waals surface area (Å²) in [5.74, 6) is 0.773. The number of ketones is 1. The van der Waals surface area contributed by atoms with Crippen LogP contribution in [-0.2, 0) is 4.79 Å². The lowest BCUT2D eigenvalue weighted by atomic mass is 10.1. The van der Waals surface area contributed by atoms with Gasteiger partial charge in [0.2, 0.25) is 0 Å². The summed E-state index contributed by atoms with van der Waals surface area (Å²) < 4.78 is 5.54. The van der Waals surface area contributed by atoms with Gasteiger partial charge in [0, 0.05) is 48.8 Å². The summed E-state index contributed by atoms with van der Waals surface area (Å²) in [6, 6.07) is 17.2. The predicted octanol–water partition coefficient (Wildman–Crippen LogP) is 2.57. The van der Waals surface area contributed by atoms with E-state index in [1.807, 2.05) is 54.6 Å². The van der Waals surface area contributed by atoms with Crippen LogP contribution in [0.3, 0.4) is 0 Å². The van der Waals surface area contributed by atoms with Crippen molar-refractivity contribution < 1.29 is 14.3 Å². The van der Waals surface area contributed by atoms with E-state index < -0.39 is 0 Å². The maximum Gasteiger partial charge on any atom is 0.260 e. The Morgan fingerprint density at radius 3 is 2.43 bits per heavy atom. The minimum absolute atomic E-state index is 0.0218. The summed E-state index contributed by atoms with van der Waals surface area (Å²) in [6.07, 6.45) is 1.79. The number of rotatable bonds is 6. The summed E-state index contributed by atoms with van der Waals surface area (Å²) in [6.45, 7) is 3.00. The zero-order valence-electron chi connectivity index (χ0n) is 15.6. The average molecular weight is 377 g/mol. The Labute approximate surface area is 163 Å². The van der Waals surface area contributed by atoms with Gasteiger partial charge >= 0.3 is 0 Å². The number of fused-ring (bicyclic) bond motifs is 1. The molecule has 1 aromatic heterocycles. The van der Waals surface area contributed by atoms with E-state index in [-0.39, 0.29) is 18.3 Å². The van der Waals surface area contributed by atoms with Crippen molar-refractivity contribution in [3.63, 3.8) is 0 Å². The zero-order valence-corrected chi connectivity index (χ0v) is 15.6. The molecule has 6 nitrogen and oxygen atoms in total. The highest BCUT2D eigenvalue weighted by molar-refractivity contribution is 6.08. The number of Topliss-reactive ketones (excluding diaryl/α,β-unsaturated/α-hetero) is 1. The first-order chi connectivity index (χ1) is 13.7. The molecule has 2 aromatic carbocycles. The summed E-state index contributed by atoms with van der Waals surface area (Å²) in [4.78, 5) is 32.1. The second-order valence-electron chi connectivity index (χ2n) is 6.93. The number of ether oxygens (including phenoxy) is 1. The van der Waals surface area contributed by atoms with Gasteiger partial charge in [0.05, 0.1) is 6.54 Å². The van der Waals surface area contributed by atoms with Crippen LogP contribution in [0, 0.1) is 0 Å². The third-order valence-electron chi connectivity index (χ3n) is 5.09. The molecule has 1 aliphatic rings. The van der Waals surface area contributed by atoms with Crippen molar-refractivity contribution >= 4 is 22.6 Å². The summed E-state index contributed by atoms with van der Waals surface area (Å²) >= 11 is 0. The van der Waals surface area contributed by atoms with Crippen molar-refractivity contribution in [3.8, 4) is 5.75 Å². The maximum absolute atomic E-state index is 12.7. The van der Waals surface area contributed by atoms with E-state index in [1.54, 1.807) is 11.1 Å². The fraction of sp³-hybridized carbons (Fsp3) is 0.273. The van der Waals surface area contributed by atoms with Gasteiger partial charge in [0.15, 0.2) is 12.4 Å². The van der Waals surface area contributed by atoms with Crippen LogP contribution in [0.2, 0.25) is 0 Å². The number of para-hydroxylation sites is 2. The molecular weight excluding hydrogens is 354 g/mol. The number of aromatic nitrogens is 1. The van der Waals surface area contributed by atoms with Gasteiger partial charge in [-0.1, -0.05) is 36.4 Å². The second-order valence-corrected chi connectivity index (χ2v) is 6.93. The normalized spacial score (nSPS) is 14.9. The van der Waals surface area contributed by atoms with Crippen molar-refractivity contribution in [2.75, 3.05) is 39.3 Å². The molecule has 1 fully saturated rings. The van der Waals surface area contributed by atoms with E-state index in [2.05, 4.69) is 9.88 Å². The standard InChI is InChI=1S/C22H23N3O3/c26-21(19-14-23-20-9-5-4-8-18(19)20)15-24-10-12-25(13-11-24)22(27)16-28-17-6-2-1-3-7-17/h1-9,14,23H,10-13,15-16H2. The van der Waals surface area contributed by atoms with Crippen LogP contribution >= 0.6 is 0 Å². The van der Waals surface area contributed by atoms with Crippen LogP contribution in [0.1, 0.15) is 10.4 Å². The number of nitrogens with one attached hydrogen (secondary N) is 1. The molecule has 0 atom stereocenters. The first-order valence-electron chi connectivity index (χ1n) is 9.48. The first kappa shape index (κ1) is 18.3. The van der Waals surface area contributed by atoms with Crippen LogP contribution in [0.25, 0.3) is 10.9 Å². The Kier molecular flexibility index (Phi) is 5.39. The lowest BCUT2D eigenvalue weighted by Gasteiger charge is -2.34. The quantitative estimate of drug-likeness (QED) is 0.671. The minimum Gasteiger partial charge on any atom is -0.484 e. The van der Waals surface area contributed by atoms with E-state index in [9.17, 15) is 9.59 Å². The monoisotopic (exact) mass is 377 g/mol. The third-order valence-corrected chi connectivity index (χ3v) is 5.09. The lowest BCUT2D eigenvalue weighted by molar-refractivity contribution is -0.135. The van der Waals surface area contributed by atoms with E-state index in [0.717, 1.165) is 16.5 Å². The fourth-order valence-corrected chi connectivity index (χ4v) is 3.50. The molecule has 6 heteroatoms. The van der Waals surface area contributed by atoms with E-state index in [4.69, 9.17) is 4.74 Å². The van der Waals surface area contributed by atoms with Crippen molar-refractivity contribution in [3.05, 3.63) is 66.4 Å². The highest BCUT2D eigenvalue weighted by atomic mass is 16.5. The number of piperazine rings is 1. The Morgan fingerprint density at radius 1 is 0.929 bits per heavy atom. The number of hydrogen-bond acceptors (Lipinski definition) is 4. The predicted molar refractivity (Wildman–Crippen MR) is 108 cm³/mol. The van der Waals surface area contributed by atoms with Crippen molar-refractivity contribution in [2.45, 2.75) is 0 Å². The summed E-state index contributed by atoms with van der Waals surface area (Å²) in [5.41, 5.74) is 1.70. The van der Waals surface area contributed by atoms with Gasteiger partial charge in [0.25, 0.3) is 5.91 Å².